The Bertz CT molecular complexity index is 486. The second-order valence-corrected chi connectivity index (χ2v) is 4.35. The van der Waals surface area contributed by atoms with Gasteiger partial charge in [0.15, 0.2) is 5.75 Å². The summed E-state index contributed by atoms with van der Waals surface area (Å²) in [6.45, 7) is 3.72. The van der Waals surface area contributed by atoms with Crippen molar-refractivity contribution in [2.75, 3.05) is 0 Å². The normalized spacial score (nSPS) is 14.7. The summed E-state index contributed by atoms with van der Waals surface area (Å²) in [5.41, 5.74) is 1.79. The number of carbonyl (C=O) groups is 1. The maximum absolute atomic E-state index is 11.7. The molecule has 1 fully saturated rings. The number of ether oxygens (including phenoxy) is 1. The van der Waals surface area contributed by atoms with Gasteiger partial charge in [-0.15, -0.1) is 0 Å². The summed E-state index contributed by atoms with van der Waals surface area (Å²) in [6.07, 6.45) is 3.37. The SMILES string of the molecule is CCC(=O)Oc1cc(C2CC2)c(CC)[nH]c1=O. The minimum Gasteiger partial charge on any atom is -0.421 e. The molecule has 0 amide bonds. The Balaban J connectivity index is 2.36. The molecule has 2 rings (SSSR count). The fraction of sp³-hybridized carbons (Fsp3) is 0.538. The van der Waals surface area contributed by atoms with E-state index < -0.39 is 0 Å². The van der Waals surface area contributed by atoms with Gasteiger partial charge in [-0.2, -0.15) is 0 Å². The highest BCUT2D eigenvalue weighted by Gasteiger charge is 2.27. The third kappa shape index (κ3) is 2.57. The highest BCUT2D eigenvalue weighted by Crippen LogP contribution is 2.41. The number of aromatic amines is 1. The largest absolute Gasteiger partial charge is 0.421 e. The van der Waals surface area contributed by atoms with Crippen molar-refractivity contribution in [3.05, 3.63) is 27.7 Å². The van der Waals surface area contributed by atoms with E-state index in [1.54, 1.807) is 13.0 Å². The monoisotopic (exact) mass is 235 g/mol. The second kappa shape index (κ2) is 4.73. The van der Waals surface area contributed by atoms with Crippen LogP contribution in [0.25, 0.3) is 0 Å². The molecule has 4 heteroatoms. The maximum Gasteiger partial charge on any atom is 0.311 e. The third-order valence-electron chi connectivity index (χ3n) is 3.01. The topological polar surface area (TPSA) is 59.2 Å². The van der Waals surface area contributed by atoms with Crippen LogP contribution in [0.5, 0.6) is 5.75 Å². The predicted molar refractivity (Wildman–Crippen MR) is 64.3 cm³/mol. The van der Waals surface area contributed by atoms with Crippen LogP contribution < -0.4 is 10.3 Å². The van der Waals surface area contributed by atoms with Crippen LogP contribution in [0, 0.1) is 0 Å². The molecule has 92 valence electrons. The van der Waals surface area contributed by atoms with Crippen LogP contribution in [-0.2, 0) is 11.2 Å². The Hall–Kier alpha value is -1.58. The highest BCUT2D eigenvalue weighted by atomic mass is 16.5. The van der Waals surface area contributed by atoms with Crippen molar-refractivity contribution in [3.63, 3.8) is 0 Å². The molecular formula is C13H17NO3. The molecule has 1 N–H and O–H groups in total. The maximum atomic E-state index is 11.7. The van der Waals surface area contributed by atoms with Crippen LogP contribution in [0.1, 0.15) is 50.3 Å². The fourth-order valence-electron chi connectivity index (χ4n) is 1.89. The van der Waals surface area contributed by atoms with E-state index in [9.17, 15) is 9.59 Å². The number of nitrogens with one attached hydrogen (secondary N) is 1. The van der Waals surface area contributed by atoms with Crippen molar-refractivity contribution in [1.29, 1.82) is 0 Å². The van der Waals surface area contributed by atoms with Gasteiger partial charge in [-0.05, 0) is 36.8 Å². The summed E-state index contributed by atoms with van der Waals surface area (Å²) in [5.74, 6) is 0.290. The van der Waals surface area contributed by atoms with Crippen molar-refractivity contribution < 1.29 is 9.53 Å². The number of aromatic nitrogens is 1. The predicted octanol–water partition coefficient (Wildman–Crippen LogP) is 2.13. The van der Waals surface area contributed by atoms with Crippen molar-refractivity contribution in [2.45, 2.75) is 45.4 Å². The molecule has 0 atom stereocenters. The van der Waals surface area contributed by atoms with E-state index in [4.69, 9.17) is 4.74 Å². The number of carbonyl (C=O) groups excluding carboxylic acids is 1. The van der Waals surface area contributed by atoms with Gasteiger partial charge >= 0.3 is 5.97 Å². The van der Waals surface area contributed by atoms with Crippen molar-refractivity contribution in [1.82, 2.24) is 4.98 Å². The van der Waals surface area contributed by atoms with E-state index in [0.717, 1.165) is 30.5 Å². The average Bonchev–Trinajstić information content (AvgIpc) is 3.15. The molecule has 1 aromatic rings. The van der Waals surface area contributed by atoms with Gasteiger partial charge in [0.25, 0.3) is 5.56 Å². The highest BCUT2D eigenvalue weighted by molar-refractivity contribution is 5.71. The van der Waals surface area contributed by atoms with Crippen molar-refractivity contribution >= 4 is 5.97 Å². The molecule has 1 heterocycles. The lowest BCUT2D eigenvalue weighted by Crippen LogP contribution is -2.18. The second-order valence-electron chi connectivity index (χ2n) is 4.35. The lowest BCUT2D eigenvalue weighted by molar-refractivity contribution is -0.134. The van der Waals surface area contributed by atoms with E-state index in [0.29, 0.717) is 5.92 Å². The zero-order valence-electron chi connectivity index (χ0n) is 10.2. The summed E-state index contributed by atoms with van der Waals surface area (Å²) < 4.78 is 5.03. The number of hydrogen-bond donors (Lipinski definition) is 1. The molecule has 4 nitrogen and oxygen atoms in total. The first-order chi connectivity index (χ1) is 8.15. The molecule has 1 saturated carbocycles. The Kier molecular flexibility index (Phi) is 3.31. The smallest absolute Gasteiger partial charge is 0.311 e. The number of aryl methyl sites for hydroxylation is 1. The van der Waals surface area contributed by atoms with E-state index in [1.165, 1.54) is 0 Å². The number of pyridine rings is 1. The summed E-state index contributed by atoms with van der Waals surface area (Å²) >= 11 is 0. The average molecular weight is 235 g/mol. The van der Waals surface area contributed by atoms with Crippen LogP contribution in [0.2, 0.25) is 0 Å². The van der Waals surface area contributed by atoms with Gasteiger partial charge in [-0.3, -0.25) is 9.59 Å². The molecule has 0 aromatic carbocycles. The van der Waals surface area contributed by atoms with E-state index in [-0.39, 0.29) is 23.7 Å². The summed E-state index contributed by atoms with van der Waals surface area (Å²) in [5, 5.41) is 0. The van der Waals surface area contributed by atoms with Crippen LogP contribution >= 0.6 is 0 Å². The van der Waals surface area contributed by atoms with Gasteiger partial charge < -0.3 is 9.72 Å². The number of esters is 1. The first-order valence-electron chi connectivity index (χ1n) is 6.12. The Morgan fingerprint density at radius 3 is 2.71 bits per heavy atom. The first-order valence-corrected chi connectivity index (χ1v) is 6.12. The standard InChI is InChI=1S/C13H17NO3/c1-3-10-9(8-5-6-8)7-11(13(16)14-10)17-12(15)4-2/h7-8H,3-6H2,1-2H3,(H,14,16). The quantitative estimate of drug-likeness (QED) is 0.813. The summed E-state index contributed by atoms with van der Waals surface area (Å²) in [6, 6.07) is 1.74. The van der Waals surface area contributed by atoms with Gasteiger partial charge in [0.2, 0.25) is 0 Å². The van der Waals surface area contributed by atoms with Crippen molar-refractivity contribution in [2.24, 2.45) is 0 Å². The summed E-state index contributed by atoms with van der Waals surface area (Å²) in [4.78, 5) is 25.7. The fourth-order valence-corrected chi connectivity index (χ4v) is 1.89. The zero-order valence-corrected chi connectivity index (χ0v) is 10.2. The van der Waals surface area contributed by atoms with Gasteiger partial charge in [0.05, 0.1) is 0 Å². The molecule has 1 aliphatic rings. The molecule has 0 unspecified atom stereocenters. The third-order valence-corrected chi connectivity index (χ3v) is 3.01. The van der Waals surface area contributed by atoms with Crippen LogP contribution in [0.15, 0.2) is 10.9 Å². The molecule has 1 aromatic heterocycles. The molecule has 0 bridgehead atoms. The van der Waals surface area contributed by atoms with E-state index in [2.05, 4.69) is 4.98 Å². The van der Waals surface area contributed by atoms with E-state index >= 15 is 0 Å². The molecular weight excluding hydrogens is 218 g/mol. The first kappa shape index (κ1) is 11.9. The molecule has 0 spiro atoms. The Labute approximate surface area is 100 Å². The summed E-state index contributed by atoms with van der Waals surface area (Å²) in [7, 11) is 0. The van der Waals surface area contributed by atoms with Gasteiger partial charge in [-0.25, -0.2) is 0 Å². The van der Waals surface area contributed by atoms with Gasteiger partial charge in [-0.1, -0.05) is 13.8 Å². The lowest BCUT2D eigenvalue weighted by atomic mass is 10.1. The van der Waals surface area contributed by atoms with Crippen LogP contribution in [0.3, 0.4) is 0 Å². The number of rotatable bonds is 4. The molecule has 0 aliphatic heterocycles. The minimum atomic E-state index is -0.374. The molecule has 0 saturated heterocycles. The Morgan fingerprint density at radius 2 is 2.18 bits per heavy atom. The van der Waals surface area contributed by atoms with Crippen molar-refractivity contribution in [3.8, 4) is 5.75 Å². The van der Waals surface area contributed by atoms with Gasteiger partial charge in [0.1, 0.15) is 0 Å². The molecule has 1 aliphatic carbocycles. The number of hydrogen-bond acceptors (Lipinski definition) is 3. The van der Waals surface area contributed by atoms with Crippen LogP contribution in [-0.4, -0.2) is 11.0 Å². The Morgan fingerprint density at radius 1 is 1.47 bits per heavy atom. The molecule has 17 heavy (non-hydrogen) atoms. The zero-order chi connectivity index (χ0) is 12.4. The van der Waals surface area contributed by atoms with Gasteiger partial charge in [0, 0.05) is 12.1 Å². The van der Waals surface area contributed by atoms with Crippen LogP contribution in [0.4, 0.5) is 0 Å². The number of H-pyrrole nitrogens is 1. The molecule has 0 radical (unpaired) electrons. The minimum absolute atomic E-state index is 0.135. The lowest BCUT2D eigenvalue weighted by Gasteiger charge is -2.09. The van der Waals surface area contributed by atoms with E-state index in [1.807, 2.05) is 6.92 Å².